The van der Waals surface area contributed by atoms with Crippen molar-refractivity contribution in [3.63, 3.8) is 0 Å². The Morgan fingerprint density at radius 2 is 0.375 bits per heavy atom. The molecule has 0 fully saturated rings. The first-order chi connectivity index (χ1) is 35.7. The molecule has 0 unspecified atom stereocenters. The molecule has 0 spiro atoms. The Labute approximate surface area is 422 Å². The van der Waals surface area contributed by atoms with Gasteiger partial charge in [0, 0.05) is 33.8 Å². The van der Waals surface area contributed by atoms with E-state index in [1.807, 2.05) is 0 Å². The van der Waals surface area contributed by atoms with E-state index in [4.69, 9.17) is 0 Å². The first-order valence-electron chi connectivity index (χ1n) is 24.6. The van der Waals surface area contributed by atoms with Gasteiger partial charge in [-0.25, -0.2) is 0 Å². The number of benzene rings is 12. The molecule has 12 aromatic rings. The topological polar surface area (TPSA) is 6.48 Å². The molecular formula is C70H50N2. The summed E-state index contributed by atoms with van der Waals surface area (Å²) in [5.74, 6) is 0. The lowest BCUT2D eigenvalue weighted by atomic mass is 9.99. The highest BCUT2D eigenvalue weighted by molar-refractivity contribution is 5.99. The van der Waals surface area contributed by atoms with Crippen molar-refractivity contribution in [2.45, 2.75) is 0 Å². The number of anilines is 6. The van der Waals surface area contributed by atoms with Crippen LogP contribution in [-0.2, 0) is 0 Å². The van der Waals surface area contributed by atoms with Crippen LogP contribution in [-0.4, -0.2) is 0 Å². The number of hydrogen-bond acceptors (Lipinski definition) is 2. The second kappa shape index (κ2) is 19.8. The van der Waals surface area contributed by atoms with Crippen LogP contribution in [0.15, 0.2) is 303 Å². The Balaban J connectivity index is 0.855. The van der Waals surface area contributed by atoms with Crippen LogP contribution >= 0.6 is 0 Å². The maximum Gasteiger partial charge on any atom is 0.0540 e. The summed E-state index contributed by atoms with van der Waals surface area (Å²) in [6.45, 7) is 0. The van der Waals surface area contributed by atoms with Gasteiger partial charge in [0.1, 0.15) is 0 Å². The monoisotopic (exact) mass is 918 g/mol. The molecule has 0 amide bonds. The SMILES string of the molecule is c1ccc(-c2ccc(-c3ccc(N(c4ccc(-c5ccc(-c6ccccc6)cc5)cc4)c4ccc(-c5ccc(N(c6ccc(-c7ccccc7)cc6)c6cccc7ccccc67)cc5)cc4)cc3)cc2)cc1. The third-order valence-electron chi connectivity index (χ3n) is 13.7. The quantitative estimate of drug-likeness (QED) is 0.120. The molecule has 0 aliphatic carbocycles. The Morgan fingerprint density at radius 1 is 0.153 bits per heavy atom. The van der Waals surface area contributed by atoms with Gasteiger partial charge in [-0.15, -0.1) is 0 Å². The molecular weight excluding hydrogens is 869 g/mol. The van der Waals surface area contributed by atoms with Gasteiger partial charge in [-0.05, 0) is 139 Å². The van der Waals surface area contributed by atoms with E-state index in [0.29, 0.717) is 0 Å². The second-order valence-corrected chi connectivity index (χ2v) is 18.2. The van der Waals surface area contributed by atoms with Gasteiger partial charge in [0.15, 0.2) is 0 Å². The van der Waals surface area contributed by atoms with Gasteiger partial charge in [-0.2, -0.15) is 0 Å². The van der Waals surface area contributed by atoms with Crippen LogP contribution in [0.5, 0.6) is 0 Å². The molecule has 0 saturated carbocycles. The molecule has 0 heterocycles. The summed E-state index contributed by atoms with van der Waals surface area (Å²) in [6.07, 6.45) is 0. The van der Waals surface area contributed by atoms with Gasteiger partial charge in [0.2, 0.25) is 0 Å². The minimum Gasteiger partial charge on any atom is -0.311 e. The summed E-state index contributed by atoms with van der Waals surface area (Å²) in [6, 6.07) is 109. The highest BCUT2D eigenvalue weighted by Crippen LogP contribution is 2.42. The van der Waals surface area contributed by atoms with E-state index in [1.165, 1.54) is 66.4 Å². The Kier molecular flexibility index (Phi) is 12.1. The average molecular weight is 919 g/mol. The van der Waals surface area contributed by atoms with Crippen molar-refractivity contribution in [2.75, 3.05) is 9.80 Å². The molecule has 0 aliphatic heterocycles. The second-order valence-electron chi connectivity index (χ2n) is 18.2. The van der Waals surface area contributed by atoms with Gasteiger partial charge in [-0.1, -0.05) is 237 Å². The fourth-order valence-electron chi connectivity index (χ4n) is 9.89. The van der Waals surface area contributed by atoms with Crippen molar-refractivity contribution in [1.29, 1.82) is 0 Å². The van der Waals surface area contributed by atoms with Crippen molar-refractivity contribution in [2.24, 2.45) is 0 Å². The lowest BCUT2D eigenvalue weighted by Crippen LogP contribution is -2.10. The predicted octanol–water partition coefficient (Wildman–Crippen LogP) is 19.8. The normalized spacial score (nSPS) is 11.1. The maximum absolute atomic E-state index is 2.37. The van der Waals surface area contributed by atoms with Crippen LogP contribution in [0.2, 0.25) is 0 Å². The van der Waals surface area contributed by atoms with Crippen molar-refractivity contribution in [3.05, 3.63) is 303 Å². The zero-order valence-corrected chi connectivity index (χ0v) is 39.8. The molecule has 12 aromatic carbocycles. The molecule has 0 bridgehead atoms. The maximum atomic E-state index is 2.37. The highest BCUT2D eigenvalue weighted by Gasteiger charge is 2.18. The van der Waals surface area contributed by atoms with Gasteiger partial charge in [0.05, 0.1) is 5.69 Å². The molecule has 72 heavy (non-hydrogen) atoms. The molecule has 2 heteroatoms. The lowest BCUT2D eigenvalue weighted by molar-refractivity contribution is 1.28. The summed E-state index contributed by atoms with van der Waals surface area (Å²) in [5.41, 5.74) is 20.9. The van der Waals surface area contributed by atoms with Crippen LogP contribution in [0.3, 0.4) is 0 Å². The third kappa shape index (κ3) is 9.09. The van der Waals surface area contributed by atoms with Crippen LogP contribution in [0.25, 0.3) is 77.5 Å². The molecule has 340 valence electrons. The fraction of sp³-hybridized carbons (Fsp3) is 0. The van der Waals surface area contributed by atoms with Gasteiger partial charge < -0.3 is 9.80 Å². The van der Waals surface area contributed by atoms with Crippen molar-refractivity contribution < 1.29 is 0 Å². The van der Waals surface area contributed by atoms with Crippen molar-refractivity contribution >= 4 is 44.9 Å². The molecule has 0 saturated heterocycles. The van der Waals surface area contributed by atoms with Crippen LogP contribution < -0.4 is 9.80 Å². The van der Waals surface area contributed by atoms with E-state index >= 15 is 0 Å². The summed E-state index contributed by atoms with van der Waals surface area (Å²) in [7, 11) is 0. The van der Waals surface area contributed by atoms with E-state index in [9.17, 15) is 0 Å². The molecule has 12 rings (SSSR count). The zero-order chi connectivity index (χ0) is 48.1. The summed E-state index contributed by atoms with van der Waals surface area (Å²) >= 11 is 0. The predicted molar refractivity (Wildman–Crippen MR) is 306 cm³/mol. The van der Waals surface area contributed by atoms with E-state index in [2.05, 4.69) is 313 Å². The smallest absolute Gasteiger partial charge is 0.0540 e. The number of nitrogens with zero attached hydrogens (tertiary/aromatic N) is 2. The number of rotatable bonds is 12. The zero-order valence-electron chi connectivity index (χ0n) is 39.8. The molecule has 0 aliphatic rings. The standard InChI is InChI=1S/C70H50N2/c1-4-13-51(14-5-1)54-23-27-56(28-24-54)59-31-41-64(42-32-59)71(65-43-33-60(34-44-65)57-29-25-55(26-30-57)52-15-6-2-7-16-52)66-45-35-61(36-46-66)62-39-49-68(50-40-62)72(70-22-12-20-63-19-10-11-21-69(63)70)67-47-37-58(38-48-67)53-17-8-3-9-18-53/h1-50H. The van der Waals surface area contributed by atoms with E-state index in [1.54, 1.807) is 0 Å². The largest absolute Gasteiger partial charge is 0.311 e. The fourth-order valence-corrected chi connectivity index (χ4v) is 9.89. The molecule has 2 nitrogen and oxygen atoms in total. The molecule has 0 atom stereocenters. The van der Waals surface area contributed by atoms with E-state index in [-0.39, 0.29) is 0 Å². The Morgan fingerprint density at radius 3 is 0.681 bits per heavy atom. The Hall–Kier alpha value is -9.50. The van der Waals surface area contributed by atoms with E-state index < -0.39 is 0 Å². The molecule has 0 aromatic heterocycles. The molecule has 0 N–H and O–H groups in total. The van der Waals surface area contributed by atoms with Crippen LogP contribution in [0.4, 0.5) is 34.1 Å². The average Bonchev–Trinajstić information content (AvgIpc) is 3.47. The van der Waals surface area contributed by atoms with Gasteiger partial charge in [0.25, 0.3) is 0 Å². The highest BCUT2D eigenvalue weighted by atomic mass is 15.1. The van der Waals surface area contributed by atoms with Crippen molar-refractivity contribution in [1.82, 2.24) is 0 Å². The summed E-state index contributed by atoms with van der Waals surface area (Å²) in [4.78, 5) is 4.72. The Bertz CT molecular complexity index is 3570. The number of hydrogen-bond donors (Lipinski definition) is 0. The van der Waals surface area contributed by atoms with E-state index in [0.717, 1.165) is 45.3 Å². The minimum atomic E-state index is 1.08. The summed E-state index contributed by atoms with van der Waals surface area (Å²) < 4.78 is 0. The van der Waals surface area contributed by atoms with Crippen LogP contribution in [0, 0.1) is 0 Å². The van der Waals surface area contributed by atoms with Gasteiger partial charge in [-0.3, -0.25) is 0 Å². The van der Waals surface area contributed by atoms with Crippen LogP contribution in [0.1, 0.15) is 0 Å². The molecule has 0 radical (unpaired) electrons. The first kappa shape index (κ1) is 43.8. The summed E-state index contributed by atoms with van der Waals surface area (Å²) in [5, 5.41) is 2.41. The minimum absolute atomic E-state index is 1.08. The van der Waals surface area contributed by atoms with Crippen molar-refractivity contribution in [3.8, 4) is 66.8 Å². The third-order valence-corrected chi connectivity index (χ3v) is 13.7. The number of fused-ring (bicyclic) bond motifs is 1. The lowest BCUT2D eigenvalue weighted by Gasteiger charge is -2.27. The first-order valence-corrected chi connectivity index (χ1v) is 24.6. The van der Waals surface area contributed by atoms with Gasteiger partial charge >= 0.3 is 0 Å².